The number of nitrogens with one attached hydrogen (secondary N) is 3. The number of nitrogens with zero attached hydrogens (tertiary/aromatic N) is 1. The molecule has 1 aliphatic rings. The Labute approximate surface area is 176 Å². The summed E-state index contributed by atoms with van der Waals surface area (Å²) in [4.78, 5) is 52.2. The van der Waals surface area contributed by atoms with E-state index in [4.69, 9.17) is 4.74 Å². The molecule has 0 aromatic carbocycles. The molecule has 1 fully saturated rings. The first-order valence-corrected chi connectivity index (χ1v) is 10.0. The highest BCUT2D eigenvalue weighted by atomic mass is 16.5. The summed E-state index contributed by atoms with van der Waals surface area (Å²) in [6, 6.07) is 1.82. The minimum absolute atomic E-state index is 0.0251. The molecular weight excluding hydrogens is 388 g/mol. The summed E-state index contributed by atoms with van der Waals surface area (Å²) >= 11 is 0. The zero-order valence-electron chi connectivity index (χ0n) is 17.6. The Balaban J connectivity index is 1.95. The second-order valence-corrected chi connectivity index (χ2v) is 8.66. The average molecular weight is 418 g/mol. The van der Waals surface area contributed by atoms with Gasteiger partial charge >= 0.3 is 6.09 Å². The van der Waals surface area contributed by atoms with Crippen molar-refractivity contribution in [3.63, 3.8) is 0 Å². The molecular formula is C21H30N4O5. The van der Waals surface area contributed by atoms with Crippen LogP contribution in [0.15, 0.2) is 24.5 Å². The van der Waals surface area contributed by atoms with Crippen LogP contribution in [0.25, 0.3) is 0 Å². The number of hydrogen-bond donors (Lipinski definition) is 3. The van der Waals surface area contributed by atoms with E-state index in [9.17, 15) is 19.2 Å². The molecule has 1 aromatic rings. The van der Waals surface area contributed by atoms with E-state index >= 15 is 0 Å². The third kappa shape index (κ3) is 7.81. The predicted octanol–water partition coefficient (Wildman–Crippen LogP) is 1.32. The lowest BCUT2D eigenvalue weighted by molar-refractivity contribution is -0.127. The molecule has 0 spiro atoms. The Kier molecular flexibility index (Phi) is 8.32. The molecule has 0 radical (unpaired) electrons. The molecule has 0 saturated carbocycles. The van der Waals surface area contributed by atoms with E-state index in [1.165, 1.54) is 0 Å². The highest BCUT2D eigenvalue weighted by molar-refractivity contribution is 5.88. The summed E-state index contributed by atoms with van der Waals surface area (Å²) in [5, 5.41) is 7.95. The van der Waals surface area contributed by atoms with Crippen LogP contribution in [0.5, 0.6) is 0 Å². The summed E-state index contributed by atoms with van der Waals surface area (Å²) in [6.07, 6.45) is 4.29. The summed E-state index contributed by atoms with van der Waals surface area (Å²) in [5.41, 5.74) is 0.459. The Morgan fingerprint density at radius 1 is 1.37 bits per heavy atom. The van der Waals surface area contributed by atoms with Crippen molar-refractivity contribution in [2.75, 3.05) is 6.54 Å². The van der Waals surface area contributed by atoms with Gasteiger partial charge in [0.25, 0.3) is 0 Å². The minimum Gasteiger partial charge on any atom is -0.445 e. The van der Waals surface area contributed by atoms with E-state index in [1.54, 1.807) is 24.5 Å². The van der Waals surface area contributed by atoms with Gasteiger partial charge in [0.1, 0.15) is 18.9 Å². The number of aldehydes is 1. The Morgan fingerprint density at radius 2 is 2.13 bits per heavy atom. The van der Waals surface area contributed by atoms with Crippen molar-refractivity contribution in [2.24, 2.45) is 11.3 Å². The average Bonchev–Trinajstić information content (AvgIpc) is 3.09. The van der Waals surface area contributed by atoms with Gasteiger partial charge in [-0.3, -0.25) is 14.6 Å². The van der Waals surface area contributed by atoms with Crippen molar-refractivity contribution in [3.05, 3.63) is 30.1 Å². The minimum atomic E-state index is -0.883. The van der Waals surface area contributed by atoms with Gasteiger partial charge in [0.05, 0.1) is 6.04 Å². The second-order valence-electron chi connectivity index (χ2n) is 8.66. The quantitative estimate of drug-likeness (QED) is 0.519. The molecule has 9 heteroatoms. The first kappa shape index (κ1) is 23.3. The van der Waals surface area contributed by atoms with E-state index in [0.29, 0.717) is 25.7 Å². The molecule has 3 N–H and O–H groups in total. The topological polar surface area (TPSA) is 126 Å². The summed E-state index contributed by atoms with van der Waals surface area (Å²) in [7, 11) is 0. The molecule has 3 atom stereocenters. The highest BCUT2D eigenvalue weighted by Crippen LogP contribution is 2.21. The third-order valence-electron chi connectivity index (χ3n) is 4.71. The van der Waals surface area contributed by atoms with E-state index in [1.807, 2.05) is 20.8 Å². The number of hydrogen-bond acceptors (Lipinski definition) is 6. The van der Waals surface area contributed by atoms with Gasteiger partial charge in [0.2, 0.25) is 11.8 Å². The largest absolute Gasteiger partial charge is 0.445 e. The van der Waals surface area contributed by atoms with Gasteiger partial charge in [-0.25, -0.2) is 4.79 Å². The molecule has 0 aliphatic carbocycles. The molecule has 0 unspecified atom stereocenters. The molecule has 1 aliphatic heterocycles. The van der Waals surface area contributed by atoms with Crippen molar-refractivity contribution in [2.45, 2.75) is 58.7 Å². The molecule has 9 nitrogen and oxygen atoms in total. The van der Waals surface area contributed by atoms with E-state index in [2.05, 4.69) is 20.9 Å². The van der Waals surface area contributed by atoms with Crippen molar-refractivity contribution >= 4 is 24.2 Å². The molecule has 30 heavy (non-hydrogen) atoms. The number of carbonyl (C=O) groups excluding carboxylic acids is 4. The Morgan fingerprint density at radius 3 is 2.70 bits per heavy atom. The van der Waals surface area contributed by atoms with Gasteiger partial charge in [-0.2, -0.15) is 0 Å². The van der Waals surface area contributed by atoms with E-state index < -0.39 is 24.1 Å². The molecule has 1 aromatic heterocycles. The third-order valence-corrected chi connectivity index (χ3v) is 4.71. The molecule has 3 amide bonds. The maximum absolute atomic E-state index is 12.8. The van der Waals surface area contributed by atoms with E-state index in [0.717, 1.165) is 5.56 Å². The van der Waals surface area contributed by atoms with Gasteiger partial charge in [-0.1, -0.05) is 26.8 Å². The summed E-state index contributed by atoms with van der Waals surface area (Å²) < 4.78 is 5.18. The lowest BCUT2D eigenvalue weighted by atomic mass is 9.87. The number of carbonyl (C=O) groups is 4. The fourth-order valence-electron chi connectivity index (χ4n) is 3.25. The summed E-state index contributed by atoms with van der Waals surface area (Å²) in [6.45, 7) is 6.42. The van der Waals surface area contributed by atoms with Crippen LogP contribution < -0.4 is 16.0 Å². The van der Waals surface area contributed by atoms with Gasteiger partial charge in [-0.15, -0.1) is 0 Å². The van der Waals surface area contributed by atoms with Gasteiger partial charge < -0.3 is 25.5 Å². The first-order chi connectivity index (χ1) is 14.2. The maximum Gasteiger partial charge on any atom is 0.408 e. The smallest absolute Gasteiger partial charge is 0.408 e. The molecule has 1 saturated heterocycles. The SMILES string of the molecule is CC(C)(C)C[C@H](NC(=O)OCc1cccnc1)C(=O)N[C@H](C=O)C[C@@H]1CCNC1=O. The predicted molar refractivity (Wildman–Crippen MR) is 109 cm³/mol. The Hall–Kier alpha value is -2.97. The zero-order valence-corrected chi connectivity index (χ0v) is 17.6. The van der Waals surface area contributed by atoms with Crippen LogP contribution >= 0.6 is 0 Å². The van der Waals surface area contributed by atoms with Crippen molar-refractivity contribution in [1.29, 1.82) is 0 Å². The standard InChI is InChI=1S/C21H30N4O5/c1-21(2,3)10-17(25-20(29)30-13-14-5-4-7-22-11-14)19(28)24-16(12-26)9-15-6-8-23-18(15)27/h4-5,7,11-12,15-17H,6,8-10,13H2,1-3H3,(H,23,27)(H,24,28)(H,25,29)/t15-,16-,17-/m0/s1. The van der Waals surface area contributed by atoms with Crippen LogP contribution in [0.2, 0.25) is 0 Å². The summed E-state index contributed by atoms with van der Waals surface area (Å²) in [5.74, 6) is -0.905. The first-order valence-electron chi connectivity index (χ1n) is 10.0. The molecule has 2 rings (SSSR count). The van der Waals surface area contributed by atoms with Crippen LogP contribution in [0.1, 0.15) is 45.6 Å². The van der Waals surface area contributed by atoms with Crippen molar-refractivity contribution in [3.8, 4) is 0 Å². The molecule has 164 valence electrons. The number of alkyl carbamates (subject to hydrolysis) is 1. The van der Waals surface area contributed by atoms with Crippen molar-refractivity contribution in [1.82, 2.24) is 20.9 Å². The van der Waals surface area contributed by atoms with Crippen LogP contribution in [0, 0.1) is 11.3 Å². The van der Waals surface area contributed by atoms with Crippen molar-refractivity contribution < 1.29 is 23.9 Å². The van der Waals surface area contributed by atoms with Gasteiger partial charge in [0, 0.05) is 30.4 Å². The molecule has 2 heterocycles. The normalized spacial score (nSPS) is 18.1. The fraction of sp³-hybridized carbons (Fsp3) is 0.571. The number of amides is 3. The van der Waals surface area contributed by atoms with Gasteiger partial charge in [0.15, 0.2) is 0 Å². The number of rotatable bonds is 9. The van der Waals surface area contributed by atoms with Crippen LogP contribution in [-0.2, 0) is 25.7 Å². The zero-order chi connectivity index (χ0) is 22.1. The fourth-order valence-corrected chi connectivity index (χ4v) is 3.25. The lowest BCUT2D eigenvalue weighted by Crippen LogP contribution is -2.51. The highest BCUT2D eigenvalue weighted by Gasteiger charge is 2.31. The van der Waals surface area contributed by atoms with Crippen LogP contribution in [0.4, 0.5) is 4.79 Å². The number of pyridine rings is 1. The second kappa shape index (κ2) is 10.7. The van der Waals surface area contributed by atoms with E-state index in [-0.39, 0.29) is 30.3 Å². The number of aromatic nitrogens is 1. The Bertz CT molecular complexity index is 748. The van der Waals surface area contributed by atoms with Crippen LogP contribution in [0.3, 0.4) is 0 Å². The van der Waals surface area contributed by atoms with Crippen LogP contribution in [-0.4, -0.2) is 47.8 Å². The lowest BCUT2D eigenvalue weighted by Gasteiger charge is -2.27. The number of ether oxygens (including phenoxy) is 1. The molecule has 0 bridgehead atoms. The maximum atomic E-state index is 12.8. The monoisotopic (exact) mass is 418 g/mol. The van der Waals surface area contributed by atoms with Gasteiger partial charge in [-0.05, 0) is 30.7 Å².